The van der Waals surface area contributed by atoms with E-state index in [-0.39, 0.29) is 5.43 Å². The maximum atomic E-state index is 12.6. The van der Waals surface area contributed by atoms with Gasteiger partial charge in [-0.1, -0.05) is 24.3 Å². The Hall–Kier alpha value is -2.55. The fraction of sp³-hybridized carbons (Fsp3) is 0.286. The van der Waals surface area contributed by atoms with Gasteiger partial charge in [-0.2, -0.15) is 0 Å². The quantitative estimate of drug-likeness (QED) is 0.755. The minimum Gasteiger partial charge on any atom is -0.372 e. The number of aromatic amines is 1. The second-order valence-corrected chi connectivity index (χ2v) is 6.59. The predicted octanol–water partition coefficient (Wildman–Crippen LogP) is 4.49. The van der Waals surface area contributed by atoms with Gasteiger partial charge >= 0.3 is 0 Å². The van der Waals surface area contributed by atoms with Crippen LogP contribution in [0.5, 0.6) is 0 Å². The van der Waals surface area contributed by atoms with E-state index in [2.05, 4.69) is 34.1 Å². The van der Waals surface area contributed by atoms with Gasteiger partial charge in [0.25, 0.3) is 0 Å². The van der Waals surface area contributed by atoms with E-state index < -0.39 is 0 Å². The second kappa shape index (κ2) is 6.16. The number of pyridine rings is 1. The molecule has 3 aromatic rings. The highest BCUT2D eigenvalue weighted by Gasteiger charge is 2.13. The topological polar surface area (TPSA) is 36.1 Å². The van der Waals surface area contributed by atoms with Gasteiger partial charge in [0.2, 0.25) is 0 Å². The average Bonchev–Trinajstić information content (AvgIpc) is 2.66. The van der Waals surface area contributed by atoms with Gasteiger partial charge in [0.15, 0.2) is 5.43 Å². The lowest BCUT2D eigenvalue weighted by atomic mass is 10.0. The molecule has 0 saturated carbocycles. The smallest absolute Gasteiger partial charge is 0.192 e. The molecule has 122 valence electrons. The van der Waals surface area contributed by atoms with E-state index >= 15 is 0 Å². The van der Waals surface area contributed by atoms with Gasteiger partial charge in [-0.3, -0.25) is 4.79 Å². The number of aromatic nitrogens is 1. The van der Waals surface area contributed by atoms with Crippen molar-refractivity contribution in [2.75, 3.05) is 18.0 Å². The van der Waals surface area contributed by atoms with Crippen molar-refractivity contribution in [1.82, 2.24) is 4.98 Å². The Bertz CT molecular complexity index is 919. The summed E-state index contributed by atoms with van der Waals surface area (Å²) < 4.78 is 0. The third-order valence-electron chi connectivity index (χ3n) is 5.02. The van der Waals surface area contributed by atoms with E-state index in [1.807, 2.05) is 31.2 Å². The summed E-state index contributed by atoms with van der Waals surface area (Å²) in [7, 11) is 0. The first-order chi connectivity index (χ1) is 11.7. The number of nitrogens with one attached hydrogen (secondary N) is 1. The zero-order valence-electron chi connectivity index (χ0n) is 14.0. The monoisotopic (exact) mass is 318 g/mol. The number of anilines is 1. The molecule has 2 aromatic carbocycles. The van der Waals surface area contributed by atoms with Crippen LogP contribution < -0.4 is 10.3 Å². The van der Waals surface area contributed by atoms with Crippen molar-refractivity contribution in [2.45, 2.75) is 26.2 Å². The zero-order valence-corrected chi connectivity index (χ0v) is 14.0. The fourth-order valence-corrected chi connectivity index (χ4v) is 3.61. The average molecular weight is 318 g/mol. The Morgan fingerprint density at radius 1 is 0.917 bits per heavy atom. The van der Waals surface area contributed by atoms with Gasteiger partial charge in [-0.25, -0.2) is 0 Å². The molecular formula is C21H22N2O. The molecule has 0 bridgehead atoms. The maximum Gasteiger partial charge on any atom is 0.192 e. The molecule has 1 aliphatic rings. The highest BCUT2D eigenvalue weighted by atomic mass is 16.1. The molecule has 4 rings (SSSR count). The molecule has 0 amide bonds. The van der Waals surface area contributed by atoms with Gasteiger partial charge in [0, 0.05) is 35.2 Å². The molecule has 2 heterocycles. The second-order valence-electron chi connectivity index (χ2n) is 6.59. The molecule has 1 fully saturated rings. The molecular weight excluding hydrogens is 296 g/mol. The van der Waals surface area contributed by atoms with Crippen molar-refractivity contribution < 1.29 is 0 Å². The Morgan fingerprint density at radius 3 is 2.38 bits per heavy atom. The molecule has 3 nitrogen and oxygen atoms in total. The van der Waals surface area contributed by atoms with Crippen molar-refractivity contribution in [3.05, 3.63) is 64.3 Å². The fourth-order valence-electron chi connectivity index (χ4n) is 3.61. The number of H-pyrrole nitrogens is 1. The first-order valence-corrected chi connectivity index (χ1v) is 8.71. The molecule has 1 aromatic heterocycles. The van der Waals surface area contributed by atoms with Crippen LogP contribution in [-0.4, -0.2) is 18.1 Å². The van der Waals surface area contributed by atoms with Crippen molar-refractivity contribution >= 4 is 16.6 Å². The van der Waals surface area contributed by atoms with E-state index in [1.165, 1.54) is 24.9 Å². The molecule has 24 heavy (non-hydrogen) atoms. The van der Waals surface area contributed by atoms with Crippen LogP contribution >= 0.6 is 0 Å². The Labute approximate surface area is 141 Å². The van der Waals surface area contributed by atoms with Crippen LogP contribution in [0.3, 0.4) is 0 Å². The number of hydrogen-bond acceptors (Lipinski definition) is 2. The first kappa shape index (κ1) is 15.0. The van der Waals surface area contributed by atoms with E-state index in [0.717, 1.165) is 40.8 Å². The summed E-state index contributed by atoms with van der Waals surface area (Å²) in [5.74, 6) is 0. The molecule has 0 unspecified atom stereocenters. The highest BCUT2D eigenvalue weighted by molar-refractivity contribution is 5.83. The number of nitrogens with zero attached hydrogens (tertiary/aromatic N) is 1. The lowest BCUT2D eigenvalue weighted by Gasteiger charge is -2.28. The molecule has 0 atom stereocenters. The lowest BCUT2D eigenvalue weighted by molar-refractivity contribution is 0.578. The van der Waals surface area contributed by atoms with Crippen LogP contribution in [0, 0.1) is 6.92 Å². The normalized spacial score (nSPS) is 15.0. The third kappa shape index (κ3) is 2.60. The van der Waals surface area contributed by atoms with E-state index in [0.29, 0.717) is 0 Å². The van der Waals surface area contributed by atoms with Crippen molar-refractivity contribution in [1.29, 1.82) is 0 Å². The van der Waals surface area contributed by atoms with Crippen LogP contribution in [0.4, 0.5) is 5.69 Å². The summed E-state index contributed by atoms with van der Waals surface area (Å²) in [5, 5.41) is 0.753. The Morgan fingerprint density at radius 2 is 1.62 bits per heavy atom. The van der Waals surface area contributed by atoms with Gasteiger partial charge in [-0.05, 0) is 56.0 Å². The molecule has 1 aliphatic heterocycles. The molecule has 0 radical (unpaired) electrons. The van der Waals surface area contributed by atoms with Crippen molar-refractivity contribution in [3.8, 4) is 11.3 Å². The number of fused-ring (bicyclic) bond motifs is 1. The number of hydrogen-bond donors (Lipinski definition) is 1. The molecule has 0 spiro atoms. The number of para-hydroxylation sites is 1. The standard InChI is InChI=1S/C21H22N2O/c1-15-20(22-19-8-4-3-7-18(19)21(15)24)16-9-11-17(12-10-16)23-13-5-2-6-14-23/h3-4,7-12H,2,5-6,13-14H2,1H3,(H,22,24). The maximum absolute atomic E-state index is 12.6. The number of benzene rings is 2. The van der Waals surface area contributed by atoms with Gasteiger partial charge in [0.1, 0.15) is 0 Å². The lowest BCUT2D eigenvalue weighted by Crippen LogP contribution is -2.29. The minimum absolute atomic E-state index is 0.111. The number of rotatable bonds is 2. The summed E-state index contributed by atoms with van der Waals surface area (Å²) in [4.78, 5) is 18.5. The largest absolute Gasteiger partial charge is 0.372 e. The van der Waals surface area contributed by atoms with Crippen LogP contribution in [0.2, 0.25) is 0 Å². The zero-order chi connectivity index (χ0) is 16.5. The van der Waals surface area contributed by atoms with Crippen molar-refractivity contribution in [2.24, 2.45) is 0 Å². The summed E-state index contributed by atoms with van der Waals surface area (Å²) in [6, 6.07) is 16.3. The summed E-state index contributed by atoms with van der Waals surface area (Å²) in [6.45, 7) is 4.19. The summed E-state index contributed by atoms with van der Waals surface area (Å²) >= 11 is 0. The predicted molar refractivity (Wildman–Crippen MR) is 101 cm³/mol. The Kier molecular flexibility index (Phi) is 3.85. The molecule has 1 saturated heterocycles. The summed E-state index contributed by atoms with van der Waals surface area (Å²) in [5.41, 5.74) is 5.04. The van der Waals surface area contributed by atoms with Gasteiger partial charge in [0.05, 0.1) is 5.69 Å². The van der Waals surface area contributed by atoms with Crippen LogP contribution in [0.15, 0.2) is 53.3 Å². The SMILES string of the molecule is Cc1c(-c2ccc(N3CCCCC3)cc2)[nH]c2ccccc2c1=O. The van der Waals surface area contributed by atoms with E-state index in [1.54, 1.807) is 0 Å². The third-order valence-corrected chi connectivity index (χ3v) is 5.02. The minimum atomic E-state index is 0.111. The van der Waals surface area contributed by atoms with Gasteiger partial charge in [-0.15, -0.1) is 0 Å². The molecule has 3 heteroatoms. The van der Waals surface area contributed by atoms with Gasteiger partial charge < -0.3 is 9.88 Å². The molecule has 1 N–H and O–H groups in total. The molecule has 0 aliphatic carbocycles. The van der Waals surface area contributed by atoms with E-state index in [4.69, 9.17) is 0 Å². The summed E-state index contributed by atoms with van der Waals surface area (Å²) in [6.07, 6.45) is 3.89. The van der Waals surface area contributed by atoms with Crippen LogP contribution in [0.25, 0.3) is 22.2 Å². The number of piperidine rings is 1. The van der Waals surface area contributed by atoms with Crippen LogP contribution in [-0.2, 0) is 0 Å². The van der Waals surface area contributed by atoms with E-state index in [9.17, 15) is 4.79 Å². The Balaban J connectivity index is 1.74. The van der Waals surface area contributed by atoms with Crippen molar-refractivity contribution in [3.63, 3.8) is 0 Å². The van der Waals surface area contributed by atoms with Crippen LogP contribution in [0.1, 0.15) is 24.8 Å². The first-order valence-electron chi connectivity index (χ1n) is 8.71. The highest BCUT2D eigenvalue weighted by Crippen LogP contribution is 2.26.